The predicted octanol–water partition coefficient (Wildman–Crippen LogP) is 2.58. The zero-order valence-corrected chi connectivity index (χ0v) is 13.7. The number of aromatic nitrogens is 2. The van der Waals surface area contributed by atoms with Gasteiger partial charge in [0.05, 0.1) is 18.4 Å². The van der Waals surface area contributed by atoms with E-state index in [2.05, 4.69) is 29.6 Å². The first-order chi connectivity index (χ1) is 10.1. The van der Waals surface area contributed by atoms with E-state index in [1.807, 2.05) is 6.20 Å². The maximum Gasteiger partial charge on any atom is 0.268 e. The Labute approximate surface area is 131 Å². The molecule has 2 heterocycles. The van der Waals surface area contributed by atoms with Crippen LogP contribution in [0.3, 0.4) is 0 Å². The van der Waals surface area contributed by atoms with Crippen molar-refractivity contribution in [3.05, 3.63) is 22.6 Å². The Morgan fingerprint density at radius 2 is 2.24 bits per heavy atom. The van der Waals surface area contributed by atoms with E-state index in [-0.39, 0.29) is 11.0 Å². The number of hydrogen-bond acceptors (Lipinski definition) is 4. The van der Waals surface area contributed by atoms with Gasteiger partial charge < -0.3 is 4.90 Å². The number of hydrogen-bond donors (Lipinski definition) is 1. The molecule has 116 valence electrons. The smallest absolute Gasteiger partial charge is 0.268 e. The summed E-state index contributed by atoms with van der Waals surface area (Å²) in [7, 11) is 0. The van der Waals surface area contributed by atoms with Crippen LogP contribution in [0, 0.1) is 11.3 Å². The largest absolute Gasteiger partial charge is 0.370 e. The molecule has 1 atom stereocenters. The van der Waals surface area contributed by atoms with Gasteiger partial charge in [-0.3, -0.25) is 4.79 Å². The highest BCUT2D eigenvalue weighted by Crippen LogP contribution is 2.42. The van der Waals surface area contributed by atoms with Gasteiger partial charge in [-0.2, -0.15) is 17.7 Å². The number of rotatable bonds is 4. The summed E-state index contributed by atoms with van der Waals surface area (Å²) in [6.07, 6.45) is 7.92. The first-order valence-electron chi connectivity index (χ1n) is 8.05. The molecule has 0 N–H and O–H groups in total. The summed E-state index contributed by atoms with van der Waals surface area (Å²) in [5, 5.41) is 4.42. The SMILES string of the molecule is CC1CCCN(c2cnn(CC3(CS)CCC3)c(=O)c2)C1. The molecule has 1 aromatic heterocycles. The molecular weight excluding hydrogens is 282 g/mol. The molecule has 0 radical (unpaired) electrons. The molecule has 21 heavy (non-hydrogen) atoms. The zero-order valence-electron chi connectivity index (χ0n) is 12.8. The molecule has 0 spiro atoms. The third-order valence-electron chi connectivity index (χ3n) is 5.11. The summed E-state index contributed by atoms with van der Waals surface area (Å²) in [6, 6.07) is 1.76. The molecule has 1 unspecified atom stereocenters. The monoisotopic (exact) mass is 307 g/mol. The molecule has 1 aromatic rings. The third kappa shape index (κ3) is 3.12. The Morgan fingerprint density at radius 1 is 1.43 bits per heavy atom. The number of thiol groups is 1. The fraction of sp³-hybridized carbons (Fsp3) is 0.750. The van der Waals surface area contributed by atoms with Crippen molar-refractivity contribution in [3.63, 3.8) is 0 Å². The molecule has 2 fully saturated rings. The van der Waals surface area contributed by atoms with Crippen LogP contribution >= 0.6 is 12.6 Å². The Hall–Kier alpha value is -0.970. The van der Waals surface area contributed by atoms with Crippen molar-refractivity contribution in [2.75, 3.05) is 23.7 Å². The molecule has 0 aromatic carbocycles. The molecule has 0 amide bonds. The van der Waals surface area contributed by atoms with E-state index < -0.39 is 0 Å². The van der Waals surface area contributed by atoms with Crippen LogP contribution in [0.15, 0.2) is 17.1 Å². The highest BCUT2D eigenvalue weighted by Gasteiger charge is 2.36. The molecule has 4 nitrogen and oxygen atoms in total. The van der Waals surface area contributed by atoms with Gasteiger partial charge in [-0.25, -0.2) is 4.68 Å². The molecule has 1 saturated heterocycles. The lowest BCUT2D eigenvalue weighted by atomic mass is 9.70. The zero-order chi connectivity index (χ0) is 14.9. The van der Waals surface area contributed by atoms with Gasteiger partial charge in [-0.15, -0.1) is 0 Å². The van der Waals surface area contributed by atoms with Gasteiger partial charge >= 0.3 is 0 Å². The summed E-state index contributed by atoms with van der Waals surface area (Å²) in [5.74, 6) is 1.54. The van der Waals surface area contributed by atoms with Crippen molar-refractivity contribution in [3.8, 4) is 0 Å². The molecule has 1 aliphatic carbocycles. The molecule has 2 aliphatic rings. The molecule has 1 aliphatic heterocycles. The fourth-order valence-corrected chi connectivity index (χ4v) is 3.92. The van der Waals surface area contributed by atoms with Crippen LogP contribution in [0.5, 0.6) is 0 Å². The Kier molecular flexibility index (Phi) is 4.29. The second-order valence-corrected chi connectivity index (χ2v) is 7.23. The van der Waals surface area contributed by atoms with E-state index in [4.69, 9.17) is 0 Å². The first kappa shape index (κ1) is 14.9. The standard InChI is InChI=1S/C16H25N3OS/c1-13-4-2-7-18(10-13)14-8-15(20)19(17-9-14)11-16(12-21)5-3-6-16/h8-9,13,21H,2-7,10-12H2,1H3. The van der Waals surface area contributed by atoms with E-state index in [1.165, 1.54) is 19.3 Å². The number of piperidine rings is 1. The second-order valence-electron chi connectivity index (χ2n) is 6.91. The van der Waals surface area contributed by atoms with Gasteiger partial charge in [0, 0.05) is 19.2 Å². The van der Waals surface area contributed by atoms with E-state index in [1.54, 1.807) is 10.7 Å². The highest BCUT2D eigenvalue weighted by molar-refractivity contribution is 7.80. The average Bonchev–Trinajstić information content (AvgIpc) is 2.44. The van der Waals surface area contributed by atoms with Crippen molar-refractivity contribution in [1.29, 1.82) is 0 Å². The predicted molar refractivity (Wildman–Crippen MR) is 89.2 cm³/mol. The molecular formula is C16H25N3OS. The van der Waals surface area contributed by atoms with E-state index in [9.17, 15) is 4.79 Å². The first-order valence-corrected chi connectivity index (χ1v) is 8.68. The summed E-state index contributed by atoms with van der Waals surface area (Å²) in [4.78, 5) is 14.6. The lowest BCUT2D eigenvalue weighted by Gasteiger charge is -2.40. The number of anilines is 1. The maximum absolute atomic E-state index is 12.3. The van der Waals surface area contributed by atoms with Gasteiger partial charge in [0.25, 0.3) is 5.56 Å². The van der Waals surface area contributed by atoms with E-state index in [0.29, 0.717) is 12.5 Å². The minimum Gasteiger partial charge on any atom is -0.370 e. The normalized spacial score (nSPS) is 24.7. The van der Waals surface area contributed by atoms with Gasteiger partial charge in [0.15, 0.2) is 0 Å². The third-order valence-corrected chi connectivity index (χ3v) is 5.78. The summed E-state index contributed by atoms with van der Waals surface area (Å²) in [5.41, 5.74) is 1.20. The quantitative estimate of drug-likeness (QED) is 0.869. The topological polar surface area (TPSA) is 38.1 Å². The summed E-state index contributed by atoms with van der Waals surface area (Å²) in [6.45, 7) is 5.06. The van der Waals surface area contributed by atoms with Crippen LogP contribution in [-0.4, -0.2) is 28.6 Å². The highest BCUT2D eigenvalue weighted by atomic mass is 32.1. The van der Waals surface area contributed by atoms with Crippen LogP contribution in [0.2, 0.25) is 0 Å². The lowest BCUT2D eigenvalue weighted by molar-refractivity contribution is 0.130. The van der Waals surface area contributed by atoms with Gasteiger partial charge in [0.1, 0.15) is 0 Å². The van der Waals surface area contributed by atoms with Crippen LogP contribution in [0.25, 0.3) is 0 Å². The Balaban J connectivity index is 1.75. The minimum atomic E-state index is 0.0267. The van der Waals surface area contributed by atoms with Gasteiger partial charge in [-0.1, -0.05) is 13.3 Å². The van der Waals surface area contributed by atoms with E-state index >= 15 is 0 Å². The van der Waals surface area contributed by atoms with E-state index in [0.717, 1.165) is 37.4 Å². The Bertz CT molecular complexity index is 547. The minimum absolute atomic E-state index is 0.0267. The van der Waals surface area contributed by atoms with Crippen molar-refractivity contribution < 1.29 is 0 Å². The molecule has 1 saturated carbocycles. The van der Waals surface area contributed by atoms with Crippen molar-refractivity contribution in [2.45, 2.75) is 45.6 Å². The van der Waals surface area contributed by atoms with Crippen molar-refractivity contribution >= 4 is 18.3 Å². The average molecular weight is 307 g/mol. The van der Waals surface area contributed by atoms with Crippen LogP contribution in [-0.2, 0) is 6.54 Å². The van der Waals surface area contributed by atoms with Crippen LogP contribution < -0.4 is 10.5 Å². The molecule has 3 rings (SSSR count). The van der Waals surface area contributed by atoms with Crippen molar-refractivity contribution in [1.82, 2.24) is 9.78 Å². The summed E-state index contributed by atoms with van der Waals surface area (Å²) < 4.78 is 1.63. The molecule has 0 bridgehead atoms. The van der Waals surface area contributed by atoms with Crippen LogP contribution in [0.4, 0.5) is 5.69 Å². The number of nitrogens with zero attached hydrogens (tertiary/aromatic N) is 3. The second kappa shape index (κ2) is 6.03. The van der Waals surface area contributed by atoms with Gasteiger partial charge in [-0.05, 0) is 42.8 Å². The summed E-state index contributed by atoms with van der Waals surface area (Å²) >= 11 is 4.46. The van der Waals surface area contributed by atoms with Gasteiger partial charge in [0.2, 0.25) is 0 Å². The molecule has 5 heteroatoms. The van der Waals surface area contributed by atoms with Crippen LogP contribution in [0.1, 0.15) is 39.0 Å². The fourth-order valence-electron chi connectivity index (χ4n) is 3.50. The lowest BCUT2D eigenvalue weighted by Crippen LogP contribution is -2.40. The van der Waals surface area contributed by atoms with Crippen molar-refractivity contribution in [2.24, 2.45) is 11.3 Å². The Morgan fingerprint density at radius 3 is 2.81 bits per heavy atom. The maximum atomic E-state index is 12.3.